The molecule has 3 aromatic carbocycles. The summed E-state index contributed by atoms with van der Waals surface area (Å²) in [4.78, 5) is 27.9. The molecular formula is C23H18FN3O2. The van der Waals surface area contributed by atoms with Gasteiger partial charge in [-0.1, -0.05) is 48.5 Å². The fraction of sp³-hybridized carbons (Fsp3) is 0.0870. The number of anilines is 1. The Balaban J connectivity index is 1.84. The summed E-state index contributed by atoms with van der Waals surface area (Å²) in [6.07, 6.45) is 0. The van der Waals surface area contributed by atoms with E-state index in [2.05, 4.69) is 5.10 Å². The molecular weight excluding hydrogens is 369 g/mol. The molecule has 0 fully saturated rings. The Morgan fingerprint density at radius 2 is 1.66 bits per heavy atom. The van der Waals surface area contributed by atoms with E-state index in [9.17, 15) is 14.0 Å². The second-order valence-electron chi connectivity index (χ2n) is 6.68. The Kier molecular flexibility index (Phi) is 4.91. The lowest BCUT2D eigenvalue weighted by atomic mass is 10.1. The maximum atomic E-state index is 13.7. The number of benzene rings is 3. The van der Waals surface area contributed by atoms with Crippen LogP contribution in [0.3, 0.4) is 0 Å². The van der Waals surface area contributed by atoms with Gasteiger partial charge in [0, 0.05) is 12.7 Å². The van der Waals surface area contributed by atoms with Crippen molar-refractivity contribution in [1.82, 2.24) is 9.78 Å². The lowest BCUT2D eigenvalue weighted by molar-refractivity contribution is 0.0977. The fourth-order valence-electron chi connectivity index (χ4n) is 3.27. The van der Waals surface area contributed by atoms with Crippen LogP contribution in [0.15, 0.2) is 83.7 Å². The second-order valence-corrected chi connectivity index (χ2v) is 6.68. The highest BCUT2D eigenvalue weighted by Crippen LogP contribution is 2.20. The molecule has 0 saturated heterocycles. The first-order valence-electron chi connectivity index (χ1n) is 9.12. The standard InChI is InChI=1S/C23H18FN3O2/c1-26-20-13-12-17(24)14-19(20)22(28)21(25-26)23(29)27(18-10-6-3-7-11-18)15-16-8-4-2-5-9-16/h2-14H,15H2,1H3. The van der Waals surface area contributed by atoms with Crippen LogP contribution in [0.2, 0.25) is 0 Å². The van der Waals surface area contributed by atoms with Crippen molar-refractivity contribution in [3.63, 3.8) is 0 Å². The van der Waals surface area contributed by atoms with Crippen LogP contribution in [-0.2, 0) is 13.6 Å². The van der Waals surface area contributed by atoms with Crippen LogP contribution in [0.5, 0.6) is 0 Å². The van der Waals surface area contributed by atoms with Crippen LogP contribution in [0.4, 0.5) is 10.1 Å². The van der Waals surface area contributed by atoms with Gasteiger partial charge >= 0.3 is 0 Å². The third kappa shape index (κ3) is 3.65. The number of carbonyl (C=O) groups is 1. The zero-order valence-electron chi connectivity index (χ0n) is 15.7. The lowest BCUT2D eigenvalue weighted by Gasteiger charge is -2.23. The van der Waals surface area contributed by atoms with Gasteiger partial charge in [0.25, 0.3) is 5.91 Å². The molecule has 0 aliphatic heterocycles. The smallest absolute Gasteiger partial charge is 0.283 e. The van der Waals surface area contributed by atoms with Crippen LogP contribution in [0, 0.1) is 5.82 Å². The van der Waals surface area contributed by atoms with Crippen molar-refractivity contribution < 1.29 is 9.18 Å². The van der Waals surface area contributed by atoms with Crippen LogP contribution in [0.1, 0.15) is 16.1 Å². The van der Waals surface area contributed by atoms with Crippen LogP contribution in [0.25, 0.3) is 10.9 Å². The van der Waals surface area contributed by atoms with Gasteiger partial charge in [-0.3, -0.25) is 14.3 Å². The first-order chi connectivity index (χ1) is 14.0. The lowest BCUT2D eigenvalue weighted by Crippen LogP contribution is -2.36. The third-order valence-corrected chi connectivity index (χ3v) is 4.72. The van der Waals surface area contributed by atoms with Crippen molar-refractivity contribution in [1.29, 1.82) is 0 Å². The van der Waals surface area contributed by atoms with Gasteiger partial charge in [0.2, 0.25) is 5.43 Å². The normalized spacial score (nSPS) is 10.8. The summed E-state index contributed by atoms with van der Waals surface area (Å²) in [5, 5.41) is 4.33. The number of rotatable bonds is 4. The predicted molar refractivity (Wildman–Crippen MR) is 110 cm³/mol. The first kappa shape index (κ1) is 18.6. The van der Waals surface area contributed by atoms with Gasteiger partial charge in [0.1, 0.15) is 5.82 Å². The topological polar surface area (TPSA) is 55.2 Å². The molecule has 0 bridgehead atoms. The second kappa shape index (κ2) is 7.67. The van der Waals surface area contributed by atoms with Gasteiger partial charge in [-0.05, 0) is 35.9 Å². The van der Waals surface area contributed by atoms with Crippen LogP contribution in [-0.4, -0.2) is 15.7 Å². The van der Waals surface area contributed by atoms with E-state index in [-0.39, 0.29) is 17.6 Å². The Hall–Kier alpha value is -3.80. The monoisotopic (exact) mass is 387 g/mol. The maximum absolute atomic E-state index is 13.7. The summed E-state index contributed by atoms with van der Waals surface area (Å²) in [6, 6.07) is 22.5. The van der Waals surface area contributed by atoms with E-state index in [1.807, 2.05) is 48.5 Å². The van der Waals surface area contributed by atoms with E-state index in [4.69, 9.17) is 0 Å². The highest BCUT2D eigenvalue weighted by molar-refractivity contribution is 6.05. The van der Waals surface area contributed by atoms with Gasteiger partial charge in [0.05, 0.1) is 17.4 Å². The van der Waals surface area contributed by atoms with Crippen molar-refractivity contribution in [3.05, 3.63) is 106 Å². The Morgan fingerprint density at radius 1 is 1.00 bits per heavy atom. The molecule has 0 unspecified atom stereocenters. The number of hydrogen-bond donors (Lipinski definition) is 0. The number of fused-ring (bicyclic) bond motifs is 1. The van der Waals surface area contributed by atoms with E-state index in [1.54, 1.807) is 19.2 Å². The van der Waals surface area contributed by atoms with Crippen molar-refractivity contribution in [2.24, 2.45) is 7.05 Å². The fourth-order valence-corrected chi connectivity index (χ4v) is 3.27. The summed E-state index contributed by atoms with van der Waals surface area (Å²) in [7, 11) is 1.63. The highest BCUT2D eigenvalue weighted by atomic mass is 19.1. The number of halogens is 1. The number of aromatic nitrogens is 2. The zero-order chi connectivity index (χ0) is 20.4. The average molecular weight is 387 g/mol. The van der Waals surface area contributed by atoms with Gasteiger partial charge < -0.3 is 4.90 Å². The predicted octanol–water partition coefficient (Wildman–Crippen LogP) is 3.92. The van der Waals surface area contributed by atoms with Gasteiger partial charge in [-0.15, -0.1) is 0 Å². The molecule has 1 heterocycles. The van der Waals surface area contributed by atoms with E-state index in [0.29, 0.717) is 11.2 Å². The molecule has 29 heavy (non-hydrogen) atoms. The molecule has 5 nitrogen and oxygen atoms in total. The Morgan fingerprint density at radius 3 is 2.34 bits per heavy atom. The summed E-state index contributed by atoms with van der Waals surface area (Å²) in [6.45, 7) is 0.274. The molecule has 1 aromatic heterocycles. The van der Waals surface area contributed by atoms with E-state index >= 15 is 0 Å². The molecule has 0 aliphatic carbocycles. The number of para-hydroxylation sites is 1. The molecule has 0 atom stereocenters. The molecule has 4 aromatic rings. The summed E-state index contributed by atoms with van der Waals surface area (Å²) in [5.41, 5.74) is 1.18. The first-order valence-corrected chi connectivity index (χ1v) is 9.12. The molecule has 6 heteroatoms. The molecule has 0 spiro atoms. The minimum Gasteiger partial charge on any atom is -0.302 e. The maximum Gasteiger partial charge on any atom is 0.283 e. The quantitative estimate of drug-likeness (QED) is 0.533. The molecule has 144 valence electrons. The molecule has 0 N–H and O–H groups in total. The summed E-state index contributed by atoms with van der Waals surface area (Å²) in [5.74, 6) is -1.07. The van der Waals surface area contributed by atoms with Crippen molar-refractivity contribution in [3.8, 4) is 0 Å². The number of amides is 1. The van der Waals surface area contributed by atoms with E-state index < -0.39 is 17.2 Å². The van der Waals surface area contributed by atoms with Crippen molar-refractivity contribution in [2.45, 2.75) is 6.54 Å². The molecule has 4 rings (SSSR count). The minimum atomic E-state index is -0.586. The summed E-state index contributed by atoms with van der Waals surface area (Å²) < 4.78 is 15.2. The van der Waals surface area contributed by atoms with Gasteiger partial charge in [-0.25, -0.2) is 4.39 Å². The SMILES string of the molecule is Cn1nc(C(=O)N(Cc2ccccc2)c2ccccc2)c(=O)c2cc(F)ccc21. The molecule has 1 amide bonds. The van der Waals surface area contributed by atoms with Crippen molar-refractivity contribution in [2.75, 3.05) is 4.90 Å². The van der Waals surface area contributed by atoms with Gasteiger partial charge in [0.15, 0.2) is 5.69 Å². The zero-order valence-corrected chi connectivity index (χ0v) is 15.7. The van der Waals surface area contributed by atoms with Crippen LogP contribution >= 0.6 is 0 Å². The molecule has 0 saturated carbocycles. The third-order valence-electron chi connectivity index (χ3n) is 4.72. The minimum absolute atomic E-state index is 0.124. The highest BCUT2D eigenvalue weighted by Gasteiger charge is 2.24. The summed E-state index contributed by atoms with van der Waals surface area (Å²) >= 11 is 0. The number of carbonyl (C=O) groups excluding carboxylic acids is 1. The average Bonchev–Trinajstić information content (AvgIpc) is 2.75. The Labute approximate surface area is 166 Å². The Bertz CT molecular complexity index is 1240. The van der Waals surface area contributed by atoms with Crippen LogP contribution < -0.4 is 10.3 Å². The van der Waals surface area contributed by atoms with E-state index in [1.165, 1.54) is 21.7 Å². The number of nitrogens with zero attached hydrogens (tertiary/aromatic N) is 3. The van der Waals surface area contributed by atoms with E-state index in [0.717, 1.165) is 11.6 Å². The molecule has 0 radical (unpaired) electrons. The number of aryl methyl sites for hydroxylation is 1. The van der Waals surface area contributed by atoms with Gasteiger partial charge in [-0.2, -0.15) is 5.10 Å². The molecule has 0 aliphatic rings. The van der Waals surface area contributed by atoms with Crippen molar-refractivity contribution >= 4 is 22.5 Å². The largest absolute Gasteiger partial charge is 0.302 e. The number of hydrogen-bond acceptors (Lipinski definition) is 3.